The van der Waals surface area contributed by atoms with Crippen molar-refractivity contribution in [1.82, 2.24) is 10.2 Å². The van der Waals surface area contributed by atoms with Gasteiger partial charge in [0.15, 0.2) is 0 Å². The number of ether oxygens (including phenoxy) is 1. The molecule has 2 N–H and O–H groups in total. The second kappa shape index (κ2) is 8.15. The van der Waals surface area contributed by atoms with E-state index in [-0.39, 0.29) is 18.1 Å². The third-order valence-electron chi connectivity index (χ3n) is 4.42. The van der Waals surface area contributed by atoms with Gasteiger partial charge < -0.3 is 15.2 Å². The summed E-state index contributed by atoms with van der Waals surface area (Å²) in [6.07, 6.45) is 0. The van der Waals surface area contributed by atoms with Gasteiger partial charge in [-0.2, -0.15) is 0 Å². The number of methoxy groups -OCH3 is 1. The lowest BCUT2D eigenvalue weighted by Crippen LogP contribution is -2.47. The molecule has 7 nitrogen and oxygen atoms in total. The average Bonchev–Trinajstić information content (AvgIpc) is 3.10. The van der Waals surface area contributed by atoms with Gasteiger partial charge in [-0.05, 0) is 46.6 Å². The fraction of sp³-hybridized carbons (Fsp3) is 0.211. The van der Waals surface area contributed by atoms with Gasteiger partial charge in [-0.3, -0.25) is 4.90 Å². The summed E-state index contributed by atoms with van der Waals surface area (Å²) in [6.45, 7) is 1.89. The fourth-order valence-corrected chi connectivity index (χ4v) is 4.48. The number of allylic oxidation sites excluding steroid dienone is 1. The molecular formula is C19H17BrN2O5S. The van der Waals surface area contributed by atoms with E-state index in [4.69, 9.17) is 9.84 Å². The van der Waals surface area contributed by atoms with E-state index in [9.17, 15) is 14.4 Å². The van der Waals surface area contributed by atoms with Gasteiger partial charge in [0.05, 0.1) is 30.8 Å². The van der Waals surface area contributed by atoms with E-state index >= 15 is 0 Å². The molecule has 1 aromatic carbocycles. The maximum Gasteiger partial charge on any atom is 0.338 e. The Morgan fingerprint density at radius 1 is 1.32 bits per heavy atom. The number of nitrogens with zero attached hydrogens (tertiary/aromatic N) is 1. The quantitative estimate of drug-likeness (QED) is 0.653. The van der Waals surface area contributed by atoms with Gasteiger partial charge in [0.25, 0.3) is 0 Å². The first-order valence-corrected chi connectivity index (χ1v) is 9.92. The second-order valence-electron chi connectivity index (χ2n) is 6.13. The van der Waals surface area contributed by atoms with E-state index in [0.29, 0.717) is 11.3 Å². The Balaban J connectivity index is 1.96. The molecule has 3 rings (SSSR count). The first kappa shape index (κ1) is 20.1. The number of nitrogens with one attached hydrogen (secondary N) is 1. The number of carboxylic acid groups (broad SMARTS) is 1. The van der Waals surface area contributed by atoms with Crippen LogP contribution in [0.15, 0.2) is 51.5 Å². The maximum absolute atomic E-state index is 12.8. The van der Waals surface area contributed by atoms with Crippen molar-refractivity contribution in [2.24, 2.45) is 0 Å². The van der Waals surface area contributed by atoms with Crippen LogP contribution < -0.4 is 5.32 Å². The number of thiophene rings is 1. The molecule has 1 aromatic heterocycles. The van der Waals surface area contributed by atoms with Crippen LogP contribution in [0.2, 0.25) is 0 Å². The molecule has 9 heteroatoms. The van der Waals surface area contributed by atoms with Crippen LogP contribution in [0.3, 0.4) is 0 Å². The molecule has 2 aromatic rings. The number of rotatable bonds is 5. The highest BCUT2D eigenvalue weighted by Gasteiger charge is 2.36. The molecule has 0 saturated carbocycles. The molecule has 0 bridgehead atoms. The Hall–Kier alpha value is -2.65. The van der Waals surface area contributed by atoms with Gasteiger partial charge in [-0.1, -0.05) is 12.1 Å². The Bertz CT molecular complexity index is 967. The summed E-state index contributed by atoms with van der Waals surface area (Å²) in [5.41, 5.74) is 1.75. The highest BCUT2D eigenvalue weighted by Crippen LogP contribution is 2.36. The van der Waals surface area contributed by atoms with Crippen LogP contribution in [0.4, 0.5) is 4.79 Å². The van der Waals surface area contributed by atoms with Crippen molar-refractivity contribution in [2.75, 3.05) is 7.11 Å². The van der Waals surface area contributed by atoms with E-state index in [1.807, 2.05) is 11.4 Å². The molecule has 1 aliphatic rings. The molecule has 0 fully saturated rings. The third-order valence-corrected chi connectivity index (χ3v) is 6.17. The van der Waals surface area contributed by atoms with Crippen molar-refractivity contribution in [3.63, 3.8) is 0 Å². The number of aromatic carboxylic acids is 1. The molecule has 0 radical (unpaired) electrons. The van der Waals surface area contributed by atoms with Crippen LogP contribution in [0.25, 0.3) is 0 Å². The number of hydrogen-bond donors (Lipinski definition) is 2. The van der Waals surface area contributed by atoms with Crippen LogP contribution in [0.5, 0.6) is 0 Å². The summed E-state index contributed by atoms with van der Waals surface area (Å²) in [5.74, 6) is -1.53. The number of carboxylic acids is 1. The topological polar surface area (TPSA) is 95.9 Å². The Morgan fingerprint density at radius 2 is 2.00 bits per heavy atom. The van der Waals surface area contributed by atoms with Gasteiger partial charge in [-0.25, -0.2) is 14.4 Å². The van der Waals surface area contributed by atoms with E-state index < -0.39 is 18.0 Å². The van der Waals surface area contributed by atoms with Crippen molar-refractivity contribution >= 4 is 45.2 Å². The van der Waals surface area contributed by atoms with Crippen molar-refractivity contribution in [1.29, 1.82) is 0 Å². The van der Waals surface area contributed by atoms with Crippen molar-refractivity contribution in [3.8, 4) is 0 Å². The van der Waals surface area contributed by atoms with Crippen molar-refractivity contribution in [3.05, 3.63) is 67.5 Å². The zero-order chi connectivity index (χ0) is 20.4. The zero-order valence-corrected chi connectivity index (χ0v) is 17.5. The van der Waals surface area contributed by atoms with Crippen LogP contribution in [0, 0.1) is 0 Å². The highest BCUT2D eigenvalue weighted by molar-refractivity contribution is 9.10. The summed E-state index contributed by atoms with van der Waals surface area (Å²) < 4.78 is 5.81. The number of carbonyl (C=O) groups is 3. The molecule has 2 heterocycles. The number of benzene rings is 1. The summed E-state index contributed by atoms with van der Waals surface area (Å²) in [5, 5.41) is 13.8. The average molecular weight is 465 g/mol. The lowest BCUT2D eigenvalue weighted by molar-refractivity contribution is -0.136. The summed E-state index contributed by atoms with van der Waals surface area (Å²) >= 11 is 4.81. The van der Waals surface area contributed by atoms with Crippen LogP contribution >= 0.6 is 27.3 Å². The lowest BCUT2D eigenvalue weighted by Gasteiger charge is -2.34. The number of hydrogen-bond acceptors (Lipinski definition) is 5. The maximum atomic E-state index is 12.8. The van der Waals surface area contributed by atoms with Crippen molar-refractivity contribution in [2.45, 2.75) is 19.5 Å². The third kappa shape index (κ3) is 3.95. The Labute approximate surface area is 173 Å². The van der Waals surface area contributed by atoms with E-state index in [1.54, 1.807) is 19.1 Å². The normalized spacial score (nSPS) is 16.8. The molecule has 0 saturated heterocycles. The summed E-state index contributed by atoms with van der Waals surface area (Å²) in [7, 11) is 1.30. The van der Waals surface area contributed by atoms with Gasteiger partial charge in [0, 0.05) is 20.4 Å². The molecule has 1 aliphatic heterocycles. The summed E-state index contributed by atoms with van der Waals surface area (Å²) in [6, 6.07) is 7.15. The molecule has 0 aliphatic carbocycles. The van der Waals surface area contributed by atoms with E-state index in [1.165, 1.54) is 35.5 Å². The number of urea groups is 1. The van der Waals surface area contributed by atoms with Crippen LogP contribution in [-0.2, 0) is 16.1 Å². The summed E-state index contributed by atoms with van der Waals surface area (Å²) in [4.78, 5) is 38.5. The number of carbonyl (C=O) groups excluding carboxylic acids is 2. The van der Waals surface area contributed by atoms with Gasteiger partial charge in [-0.15, -0.1) is 11.3 Å². The molecular weight excluding hydrogens is 448 g/mol. The van der Waals surface area contributed by atoms with Crippen molar-refractivity contribution < 1.29 is 24.2 Å². The minimum absolute atomic E-state index is 0.165. The zero-order valence-electron chi connectivity index (χ0n) is 15.1. The molecule has 2 amide bonds. The van der Waals surface area contributed by atoms with Gasteiger partial charge >= 0.3 is 18.0 Å². The Morgan fingerprint density at radius 3 is 2.54 bits per heavy atom. The van der Waals surface area contributed by atoms with Gasteiger partial charge in [0.1, 0.15) is 0 Å². The first-order valence-electron chi connectivity index (χ1n) is 8.25. The first-order chi connectivity index (χ1) is 13.3. The lowest BCUT2D eigenvalue weighted by atomic mass is 10.00. The van der Waals surface area contributed by atoms with Crippen LogP contribution in [0.1, 0.15) is 33.8 Å². The minimum atomic E-state index is -1.02. The minimum Gasteiger partial charge on any atom is -0.478 e. The largest absolute Gasteiger partial charge is 0.478 e. The molecule has 0 spiro atoms. The van der Waals surface area contributed by atoms with Gasteiger partial charge in [0.2, 0.25) is 0 Å². The number of amides is 2. The number of halogens is 1. The molecule has 1 atom stereocenters. The standard InChI is InChI=1S/C19H17BrN2O5S/c1-10-15(18(25)27-2)16(14-7-13(20)9-28-14)21-19(26)22(10)8-11-3-5-12(6-4-11)17(23)24/h3-7,9,16H,8H2,1-2H3,(H,21,26)(H,23,24). The Kier molecular flexibility index (Phi) is 5.85. The smallest absolute Gasteiger partial charge is 0.338 e. The molecule has 28 heavy (non-hydrogen) atoms. The predicted octanol–water partition coefficient (Wildman–Crippen LogP) is 3.92. The molecule has 1 unspecified atom stereocenters. The van der Waals surface area contributed by atoms with E-state index in [2.05, 4.69) is 21.2 Å². The molecule has 146 valence electrons. The van der Waals surface area contributed by atoms with E-state index in [0.717, 1.165) is 14.9 Å². The fourth-order valence-electron chi connectivity index (χ4n) is 2.97. The second-order valence-corrected chi connectivity index (χ2v) is 7.99. The monoisotopic (exact) mass is 464 g/mol. The number of esters is 1. The predicted molar refractivity (Wildman–Crippen MR) is 107 cm³/mol. The SMILES string of the molecule is COC(=O)C1=C(C)N(Cc2ccc(C(=O)O)cc2)C(=O)NC1c1cc(Br)cs1. The highest BCUT2D eigenvalue weighted by atomic mass is 79.9. The van der Waals surface area contributed by atoms with Crippen LogP contribution in [-0.4, -0.2) is 35.1 Å².